The van der Waals surface area contributed by atoms with E-state index in [-0.39, 0.29) is 12.4 Å². The van der Waals surface area contributed by atoms with Gasteiger partial charge in [0.25, 0.3) is 0 Å². The number of nitrogens with two attached hydrogens (primary N) is 1. The summed E-state index contributed by atoms with van der Waals surface area (Å²) < 4.78 is 22.6. The zero-order valence-electron chi connectivity index (χ0n) is 7.14. The van der Waals surface area contributed by atoms with E-state index in [1.807, 2.05) is 0 Å². The number of hydrogen-bond donors (Lipinski definition) is 2. The summed E-state index contributed by atoms with van der Waals surface area (Å²) in [6, 6.07) is -0.590. The van der Waals surface area contributed by atoms with Crippen LogP contribution in [-0.4, -0.2) is 27.2 Å². The van der Waals surface area contributed by atoms with Crippen LogP contribution in [0.15, 0.2) is 12.7 Å². The van der Waals surface area contributed by atoms with Gasteiger partial charge >= 0.3 is 11.4 Å². The summed E-state index contributed by atoms with van der Waals surface area (Å²) in [6.45, 7) is 3.40. The molecular weight excluding hydrogens is 194 g/mol. The monoisotopic (exact) mass is 207 g/mol. The highest BCUT2D eigenvalue weighted by molar-refractivity contribution is 7.74. The van der Waals surface area contributed by atoms with E-state index < -0.39 is 17.4 Å². The molecule has 0 amide bonds. The summed E-state index contributed by atoms with van der Waals surface area (Å²) in [5, 5.41) is 0. The highest BCUT2D eigenvalue weighted by Gasteiger charge is 2.08. The summed E-state index contributed by atoms with van der Waals surface area (Å²) in [7, 11) is 0. The molecule has 13 heavy (non-hydrogen) atoms. The van der Waals surface area contributed by atoms with Gasteiger partial charge < -0.3 is 5.73 Å². The summed E-state index contributed by atoms with van der Waals surface area (Å²) >= 11 is -2.24. The van der Waals surface area contributed by atoms with Crippen LogP contribution in [0.25, 0.3) is 0 Å². The SMILES string of the molecule is C=CC(=O)C(N)CCCOS(=O)O. The Hall–Kier alpha value is -0.560. The van der Waals surface area contributed by atoms with Gasteiger partial charge in [0.1, 0.15) is 0 Å². The Morgan fingerprint density at radius 1 is 1.77 bits per heavy atom. The third-order valence-electron chi connectivity index (χ3n) is 1.41. The van der Waals surface area contributed by atoms with Crippen molar-refractivity contribution >= 4 is 17.1 Å². The molecule has 0 aliphatic carbocycles. The van der Waals surface area contributed by atoms with E-state index in [1.165, 1.54) is 0 Å². The quantitative estimate of drug-likeness (QED) is 0.348. The second-order valence-corrected chi connectivity index (χ2v) is 3.06. The molecule has 0 rings (SSSR count). The Morgan fingerprint density at radius 3 is 2.85 bits per heavy atom. The van der Waals surface area contributed by atoms with Gasteiger partial charge in [0.2, 0.25) is 0 Å². The van der Waals surface area contributed by atoms with Crippen molar-refractivity contribution in [3.8, 4) is 0 Å². The van der Waals surface area contributed by atoms with Crippen molar-refractivity contribution in [2.45, 2.75) is 18.9 Å². The average Bonchev–Trinajstić information content (AvgIpc) is 2.10. The molecule has 6 heteroatoms. The number of ketones is 1. The zero-order chi connectivity index (χ0) is 10.3. The summed E-state index contributed by atoms with van der Waals surface area (Å²) in [6.07, 6.45) is 2.05. The molecule has 0 aromatic heterocycles. The predicted octanol–water partition coefficient (Wildman–Crippen LogP) is 0.00230. The van der Waals surface area contributed by atoms with Gasteiger partial charge in [-0.15, -0.1) is 0 Å². The molecule has 0 saturated carbocycles. The first-order valence-corrected chi connectivity index (χ1v) is 4.77. The fourth-order valence-corrected chi connectivity index (χ4v) is 0.988. The highest BCUT2D eigenvalue weighted by atomic mass is 32.2. The molecule has 0 heterocycles. The van der Waals surface area contributed by atoms with Crippen molar-refractivity contribution in [3.63, 3.8) is 0 Å². The molecule has 3 N–H and O–H groups in total. The first-order chi connectivity index (χ1) is 6.07. The van der Waals surface area contributed by atoms with Crippen LogP contribution in [0, 0.1) is 0 Å². The van der Waals surface area contributed by atoms with Crippen LogP contribution in [-0.2, 0) is 20.3 Å². The van der Waals surface area contributed by atoms with Crippen molar-refractivity contribution < 1.29 is 17.7 Å². The van der Waals surface area contributed by atoms with Crippen molar-refractivity contribution in [2.75, 3.05) is 6.61 Å². The Kier molecular flexibility index (Phi) is 6.61. The van der Waals surface area contributed by atoms with Gasteiger partial charge in [-0.05, 0) is 18.9 Å². The molecule has 0 aromatic rings. The molecule has 5 nitrogen and oxygen atoms in total. The first kappa shape index (κ1) is 12.4. The summed E-state index contributed by atoms with van der Waals surface area (Å²) in [5.74, 6) is -0.231. The molecular formula is C7H13NO4S. The van der Waals surface area contributed by atoms with Crippen LogP contribution in [0.2, 0.25) is 0 Å². The van der Waals surface area contributed by atoms with E-state index >= 15 is 0 Å². The molecule has 0 spiro atoms. The molecule has 2 atom stereocenters. The van der Waals surface area contributed by atoms with Crippen LogP contribution < -0.4 is 5.73 Å². The molecule has 0 radical (unpaired) electrons. The van der Waals surface area contributed by atoms with Crippen LogP contribution in [0.5, 0.6) is 0 Å². The first-order valence-electron chi connectivity index (χ1n) is 3.74. The van der Waals surface area contributed by atoms with E-state index in [4.69, 9.17) is 10.3 Å². The predicted molar refractivity (Wildman–Crippen MR) is 49.1 cm³/mol. The fourth-order valence-electron chi connectivity index (χ4n) is 0.727. The second kappa shape index (κ2) is 6.90. The van der Waals surface area contributed by atoms with Gasteiger partial charge in [0.15, 0.2) is 5.78 Å². The third-order valence-corrected chi connectivity index (χ3v) is 1.78. The van der Waals surface area contributed by atoms with Crippen molar-refractivity contribution in [3.05, 3.63) is 12.7 Å². The van der Waals surface area contributed by atoms with E-state index in [0.29, 0.717) is 12.8 Å². The Bertz CT molecular complexity index is 207. The van der Waals surface area contributed by atoms with Gasteiger partial charge in [0.05, 0.1) is 12.6 Å². The summed E-state index contributed by atoms with van der Waals surface area (Å²) in [5.41, 5.74) is 5.43. The van der Waals surface area contributed by atoms with E-state index in [9.17, 15) is 9.00 Å². The van der Waals surface area contributed by atoms with Gasteiger partial charge in [0, 0.05) is 0 Å². The summed E-state index contributed by atoms with van der Waals surface area (Å²) in [4.78, 5) is 10.8. The normalized spacial score (nSPS) is 14.9. The molecule has 0 fully saturated rings. The largest absolute Gasteiger partial charge is 0.321 e. The maximum absolute atomic E-state index is 10.8. The molecule has 0 saturated heterocycles. The van der Waals surface area contributed by atoms with Crippen molar-refractivity contribution in [2.24, 2.45) is 5.73 Å². The lowest BCUT2D eigenvalue weighted by Crippen LogP contribution is -2.29. The number of rotatable bonds is 7. The Morgan fingerprint density at radius 2 is 2.38 bits per heavy atom. The van der Waals surface area contributed by atoms with Gasteiger partial charge in [-0.1, -0.05) is 6.58 Å². The number of carbonyl (C=O) groups is 1. The minimum atomic E-state index is -2.24. The third kappa shape index (κ3) is 6.59. The van der Waals surface area contributed by atoms with E-state index in [1.54, 1.807) is 0 Å². The lowest BCUT2D eigenvalue weighted by molar-refractivity contribution is -0.115. The number of carbonyl (C=O) groups excluding carboxylic acids is 1. The molecule has 0 aromatic carbocycles. The molecule has 0 aliphatic rings. The average molecular weight is 207 g/mol. The van der Waals surface area contributed by atoms with Gasteiger partial charge in [-0.2, -0.15) is 4.21 Å². The van der Waals surface area contributed by atoms with E-state index in [2.05, 4.69) is 10.8 Å². The van der Waals surface area contributed by atoms with Crippen molar-refractivity contribution in [1.29, 1.82) is 0 Å². The Balaban J connectivity index is 3.47. The second-order valence-electron chi connectivity index (χ2n) is 2.39. The van der Waals surface area contributed by atoms with Crippen molar-refractivity contribution in [1.82, 2.24) is 0 Å². The minimum absolute atomic E-state index is 0.112. The van der Waals surface area contributed by atoms with Gasteiger partial charge in [-0.3, -0.25) is 13.5 Å². The van der Waals surface area contributed by atoms with E-state index in [0.717, 1.165) is 6.08 Å². The topological polar surface area (TPSA) is 89.6 Å². The lowest BCUT2D eigenvalue weighted by Gasteiger charge is -2.06. The standard InChI is InChI=1S/C7H13NO4S/c1-2-7(9)6(8)4-3-5-12-13(10)11/h2,6H,1,3-5,8H2,(H,10,11). The Labute approximate surface area is 79.4 Å². The maximum Gasteiger partial charge on any atom is 0.301 e. The smallest absolute Gasteiger partial charge is 0.301 e. The fraction of sp³-hybridized carbons (Fsp3) is 0.571. The molecule has 0 bridgehead atoms. The zero-order valence-corrected chi connectivity index (χ0v) is 7.96. The van der Waals surface area contributed by atoms with Crippen LogP contribution in [0.1, 0.15) is 12.8 Å². The van der Waals surface area contributed by atoms with Crippen LogP contribution in [0.3, 0.4) is 0 Å². The minimum Gasteiger partial charge on any atom is -0.321 e. The highest BCUT2D eigenvalue weighted by Crippen LogP contribution is 1.97. The lowest BCUT2D eigenvalue weighted by atomic mass is 10.1. The molecule has 0 aliphatic heterocycles. The van der Waals surface area contributed by atoms with Gasteiger partial charge in [-0.25, -0.2) is 0 Å². The maximum atomic E-state index is 10.8. The molecule has 2 unspecified atom stereocenters. The molecule has 76 valence electrons. The van der Waals surface area contributed by atoms with Crippen LogP contribution in [0.4, 0.5) is 0 Å². The number of hydrogen-bond acceptors (Lipinski definition) is 4. The van der Waals surface area contributed by atoms with Crippen LogP contribution >= 0.6 is 0 Å².